The van der Waals surface area contributed by atoms with Crippen LogP contribution in [0.15, 0.2) is 18.2 Å². The molecule has 2 fully saturated rings. The number of rotatable bonds is 5. The van der Waals surface area contributed by atoms with Gasteiger partial charge in [-0.3, -0.25) is 19.7 Å². The molecule has 2 atom stereocenters. The summed E-state index contributed by atoms with van der Waals surface area (Å²) >= 11 is 0. The van der Waals surface area contributed by atoms with Crippen molar-refractivity contribution in [2.75, 3.05) is 20.1 Å². The Morgan fingerprint density at radius 3 is 2.79 bits per heavy atom. The van der Waals surface area contributed by atoms with Crippen LogP contribution in [-0.2, 0) is 22.7 Å². The second-order valence-electron chi connectivity index (χ2n) is 8.24. The molecule has 7 nitrogen and oxygen atoms in total. The van der Waals surface area contributed by atoms with Crippen molar-refractivity contribution in [1.29, 1.82) is 0 Å². The van der Waals surface area contributed by atoms with Crippen molar-refractivity contribution in [2.24, 2.45) is 0 Å². The average Bonchev–Trinajstić information content (AvgIpc) is 2.99. The monoisotopic (exact) mass is 384 g/mol. The van der Waals surface area contributed by atoms with Crippen LogP contribution in [-0.4, -0.2) is 59.7 Å². The summed E-state index contributed by atoms with van der Waals surface area (Å²) in [6, 6.07) is 6.03. The normalized spacial score (nSPS) is 25.2. The summed E-state index contributed by atoms with van der Waals surface area (Å²) in [5.74, 6) is -0.733. The number of nitrogens with one attached hydrogen (secondary N) is 2. The molecule has 0 radical (unpaired) electrons. The number of piperidine rings is 2. The number of carbonyl (C=O) groups is 3. The Balaban J connectivity index is 1.41. The van der Waals surface area contributed by atoms with Gasteiger partial charge in [-0.2, -0.15) is 0 Å². The van der Waals surface area contributed by atoms with Crippen molar-refractivity contribution in [3.8, 4) is 0 Å². The fourth-order valence-electron chi connectivity index (χ4n) is 4.53. The second kappa shape index (κ2) is 8.01. The van der Waals surface area contributed by atoms with E-state index in [1.165, 1.54) is 19.3 Å². The molecule has 4 rings (SSSR count). The molecule has 0 spiro atoms. The lowest BCUT2D eigenvalue weighted by Gasteiger charge is -2.29. The summed E-state index contributed by atoms with van der Waals surface area (Å²) < 4.78 is 0. The fraction of sp³-hybridized carbons (Fsp3) is 0.571. The van der Waals surface area contributed by atoms with Crippen molar-refractivity contribution in [3.63, 3.8) is 0 Å². The zero-order valence-corrected chi connectivity index (χ0v) is 16.4. The van der Waals surface area contributed by atoms with E-state index in [0.717, 1.165) is 30.8 Å². The highest BCUT2D eigenvalue weighted by Gasteiger charge is 2.39. The Morgan fingerprint density at radius 1 is 1.18 bits per heavy atom. The first kappa shape index (κ1) is 19.1. The van der Waals surface area contributed by atoms with Crippen LogP contribution < -0.4 is 10.6 Å². The molecule has 2 N–H and O–H groups in total. The molecule has 0 saturated carbocycles. The minimum Gasteiger partial charge on any atom is -0.322 e. The number of nitrogens with zero attached hydrogens (tertiary/aromatic N) is 2. The smallest absolute Gasteiger partial charge is 0.255 e. The van der Waals surface area contributed by atoms with Crippen molar-refractivity contribution in [3.05, 3.63) is 34.9 Å². The molecule has 2 saturated heterocycles. The molecule has 1 aromatic carbocycles. The van der Waals surface area contributed by atoms with Gasteiger partial charge in [-0.15, -0.1) is 0 Å². The van der Waals surface area contributed by atoms with E-state index in [-0.39, 0.29) is 24.1 Å². The molecule has 3 amide bonds. The maximum Gasteiger partial charge on any atom is 0.255 e. The molecule has 1 unspecified atom stereocenters. The maximum atomic E-state index is 12.9. The standard InChI is InChI=1S/C21H28N4O3/c1-24(13-16-4-2-3-9-22-16)11-14-5-6-15-12-25(21(28)17(15)10-14)18-7-8-19(26)23-20(18)27/h5-6,10,16,18,22H,2-4,7-9,11-13H2,1H3,(H,23,26,27)/t16-,18?/m0/s1. The lowest BCUT2D eigenvalue weighted by Crippen LogP contribution is -2.52. The topological polar surface area (TPSA) is 81.8 Å². The van der Waals surface area contributed by atoms with Gasteiger partial charge in [-0.05, 0) is 50.0 Å². The lowest BCUT2D eigenvalue weighted by molar-refractivity contribution is -0.136. The average molecular weight is 384 g/mol. The summed E-state index contributed by atoms with van der Waals surface area (Å²) in [5, 5.41) is 5.92. The Morgan fingerprint density at radius 2 is 2.04 bits per heavy atom. The predicted octanol–water partition coefficient (Wildman–Crippen LogP) is 1.02. The van der Waals surface area contributed by atoms with Crippen LogP contribution in [0.25, 0.3) is 0 Å². The molecule has 0 aliphatic carbocycles. The number of hydrogen-bond donors (Lipinski definition) is 2. The van der Waals surface area contributed by atoms with Gasteiger partial charge in [0.1, 0.15) is 6.04 Å². The highest BCUT2D eigenvalue weighted by atomic mass is 16.2. The molecule has 3 aliphatic heterocycles. The van der Waals surface area contributed by atoms with E-state index in [1.807, 2.05) is 12.1 Å². The van der Waals surface area contributed by atoms with Crippen molar-refractivity contribution in [1.82, 2.24) is 20.4 Å². The Hall–Kier alpha value is -2.25. The van der Waals surface area contributed by atoms with Gasteiger partial charge in [0.15, 0.2) is 0 Å². The van der Waals surface area contributed by atoms with Gasteiger partial charge in [0.05, 0.1) is 0 Å². The lowest BCUT2D eigenvalue weighted by atomic mass is 10.0. The van der Waals surface area contributed by atoms with Gasteiger partial charge in [-0.25, -0.2) is 0 Å². The van der Waals surface area contributed by atoms with Gasteiger partial charge in [0.25, 0.3) is 5.91 Å². The number of hydrogen-bond acceptors (Lipinski definition) is 5. The SMILES string of the molecule is CN(Cc1ccc2c(c1)C(=O)N(C1CCC(=O)NC1=O)C2)C[C@@H]1CCCCN1. The zero-order valence-electron chi connectivity index (χ0n) is 16.4. The van der Waals surface area contributed by atoms with E-state index < -0.39 is 6.04 Å². The highest BCUT2D eigenvalue weighted by molar-refractivity contribution is 6.05. The van der Waals surface area contributed by atoms with E-state index in [9.17, 15) is 14.4 Å². The zero-order chi connectivity index (χ0) is 19.7. The largest absolute Gasteiger partial charge is 0.322 e. The van der Waals surface area contributed by atoms with Crippen LogP contribution in [0.5, 0.6) is 0 Å². The molecule has 0 bridgehead atoms. The van der Waals surface area contributed by atoms with Crippen molar-refractivity contribution >= 4 is 17.7 Å². The summed E-state index contributed by atoms with van der Waals surface area (Å²) in [7, 11) is 2.11. The van der Waals surface area contributed by atoms with Gasteiger partial charge in [0.2, 0.25) is 11.8 Å². The first-order valence-corrected chi connectivity index (χ1v) is 10.2. The Bertz CT molecular complexity index is 788. The van der Waals surface area contributed by atoms with Gasteiger partial charge in [0, 0.05) is 37.7 Å². The van der Waals surface area contributed by atoms with E-state index in [4.69, 9.17) is 0 Å². The number of benzene rings is 1. The molecular weight excluding hydrogens is 356 g/mol. The van der Waals surface area contributed by atoms with Gasteiger partial charge < -0.3 is 15.1 Å². The summed E-state index contributed by atoms with van der Waals surface area (Å²) in [4.78, 5) is 40.3. The molecule has 28 heavy (non-hydrogen) atoms. The van der Waals surface area contributed by atoms with Gasteiger partial charge in [-0.1, -0.05) is 18.6 Å². The van der Waals surface area contributed by atoms with Crippen LogP contribution in [0.1, 0.15) is 53.6 Å². The maximum absolute atomic E-state index is 12.9. The third-order valence-corrected chi connectivity index (χ3v) is 5.99. The predicted molar refractivity (Wildman–Crippen MR) is 104 cm³/mol. The highest BCUT2D eigenvalue weighted by Crippen LogP contribution is 2.28. The Labute approximate surface area is 165 Å². The molecule has 3 heterocycles. The van der Waals surface area contributed by atoms with E-state index in [2.05, 4.69) is 28.6 Å². The Kier molecular flexibility index (Phi) is 5.46. The third kappa shape index (κ3) is 3.95. The quantitative estimate of drug-likeness (QED) is 0.741. The molecule has 150 valence electrons. The third-order valence-electron chi connectivity index (χ3n) is 5.99. The molecular formula is C21H28N4O3. The van der Waals surface area contributed by atoms with Crippen molar-refractivity contribution < 1.29 is 14.4 Å². The van der Waals surface area contributed by atoms with Crippen LogP contribution in [0.2, 0.25) is 0 Å². The van der Waals surface area contributed by atoms with Crippen LogP contribution in [0.3, 0.4) is 0 Å². The number of carbonyl (C=O) groups excluding carboxylic acids is 3. The fourth-order valence-corrected chi connectivity index (χ4v) is 4.53. The molecule has 7 heteroatoms. The van der Waals surface area contributed by atoms with Crippen LogP contribution in [0.4, 0.5) is 0 Å². The van der Waals surface area contributed by atoms with E-state index >= 15 is 0 Å². The number of imide groups is 1. The summed E-state index contributed by atoms with van der Waals surface area (Å²) in [5.41, 5.74) is 2.75. The second-order valence-corrected chi connectivity index (χ2v) is 8.24. The van der Waals surface area contributed by atoms with E-state index in [1.54, 1.807) is 4.90 Å². The number of amides is 3. The number of likely N-dealkylation sites (N-methyl/N-ethyl adjacent to an activating group) is 1. The molecule has 3 aliphatic rings. The summed E-state index contributed by atoms with van der Waals surface area (Å²) in [6.45, 7) is 3.31. The minimum atomic E-state index is -0.555. The van der Waals surface area contributed by atoms with Gasteiger partial charge >= 0.3 is 0 Å². The van der Waals surface area contributed by atoms with E-state index in [0.29, 0.717) is 24.6 Å². The minimum absolute atomic E-state index is 0.108. The first-order chi connectivity index (χ1) is 13.5. The van der Waals surface area contributed by atoms with Crippen molar-refractivity contribution in [2.45, 2.75) is 57.3 Å². The first-order valence-electron chi connectivity index (χ1n) is 10.2. The van der Waals surface area contributed by atoms with Crippen LogP contribution >= 0.6 is 0 Å². The number of fused-ring (bicyclic) bond motifs is 1. The van der Waals surface area contributed by atoms with Crippen LogP contribution in [0, 0.1) is 0 Å². The molecule has 1 aromatic rings. The molecule has 0 aromatic heterocycles. The summed E-state index contributed by atoms with van der Waals surface area (Å²) in [6.07, 6.45) is 4.44.